The molecule has 0 bridgehead atoms. The Morgan fingerprint density at radius 2 is 1.47 bits per heavy atom. The van der Waals surface area contributed by atoms with E-state index in [4.69, 9.17) is 9.47 Å². The minimum Gasteiger partial charge on any atom is -0.506 e. The maximum absolute atomic E-state index is 9.57. The Kier molecular flexibility index (Phi) is 4.16. The first-order chi connectivity index (χ1) is 9.10. The van der Waals surface area contributed by atoms with Crippen LogP contribution < -0.4 is 9.47 Å². The Labute approximate surface area is 119 Å². The Balaban J connectivity index is 2.17. The van der Waals surface area contributed by atoms with Crippen molar-refractivity contribution in [1.29, 1.82) is 0 Å². The van der Waals surface area contributed by atoms with Gasteiger partial charge in [0.25, 0.3) is 0 Å². The molecule has 0 spiro atoms. The molecule has 100 valence electrons. The van der Waals surface area contributed by atoms with Crippen LogP contribution in [0.2, 0.25) is 0 Å². The third kappa shape index (κ3) is 3.32. The third-order valence-electron chi connectivity index (χ3n) is 2.38. The van der Waals surface area contributed by atoms with Gasteiger partial charge in [-0.25, -0.2) is 0 Å². The Hall–Kier alpha value is -1.88. The van der Waals surface area contributed by atoms with Crippen molar-refractivity contribution in [3.05, 3.63) is 40.9 Å². The number of aromatic hydroxyl groups is 2. The van der Waals surface area contributed by atoms with E-state index in [1.54, 1.807) is 24.3 Å². The summed E-state index contributed by atoms with van der Waals surface area (Å²) in [5, 5.41) is 19.1. The molecule has 5 heteroatoms. The van der Waals surface area contributed by atoms with Gasteiger partial charge in [0.15, 0.2) is 0 Å². The fraction of sp³-hybridized carbons (Fsp3) is 0.143. The molecule has 0 amide bonds. The van der Waals surface area contributed by atoms with Gasteiger partial charge in [-0.15, -0.1) is 0 Å². The summed E-state index contributed by atoms with van der Waals surface area (Å²) in [6.07, 6.45) is 0. The molecule has 2 aromatic carbocycles. The molecular formula is C14H13BrO4. The molecule has 0 aliphatic rings. The summed E-state index contributed by atoms with van der Waals surface area (Å²) >= 11 is 3.05. The molecule has 0 saturated carbocycles. The molecule has 0 aliphatic carbocycles. The Morgan fingerprint density at radius 1 is 0.947 bits per heavy atom. The minimum absolute atomic E-state index is 0.0825. The number of rotatable bonds is 4. The van der Waals surface area contributed by atoms with E-state index in [0.717, 1.165) is 5.75 Å². The van der Waals surface area contributed by atoms with Crippen LogP contribution in [0.3, 0.4) is 0 Å². The van der Waals surface area contributed by atoms with Gasteiger partial charge in [-0.1, -0.05) is 0 Å². The van der Waals surface area contributed by atoms with Crippen molar-refractivity contribution in [2.24, 2.45) is 0 Å². The molecule has 2 aromatic rings. The summed E-state index contributed by atoms with van der Waals surface area (Å²) < 4.78 is 11.1. The number of halogens is 1. The number of hydrogen-bond acceptors (Lipinski definition) is 4. The maximum atomic E-state index is 9.57. The molecule has 0 aliphatic heterocycles. The molecule has 0 atom stereocenters. The van der Waals surface area contributed by atoms with E-state index in [9.17, 15) is 10.2 Å². The molecule has 0 radical (unpaired) electrons. The van der Waals surface area contributed by atoms with Gasteiger partial charge in [0, 0.05) is 12.1 Å². The summed E-state index contributed by atoms with van der Waals surface area (Å²) in [5.74, 6) is 1.53. The summed E-state index contributed by atoms with van der Waals surface area (Å²) in [4.78, 5) is 0. The molecule has 0 heterocycles. The lowest BCUT2D eigenvalue weighted by molar-refractivity contribution is 0.339. The van der Waals surface area contributed by atoms with Crippen LogP contribution in [0.25, 0.3) is 0 Å². The molecule has 19 heavy (non-hydrogen) atoms. The van der Waals surface area contributed by atoms with Crippen LogP contribution in [0.15, 0.2) is 40.9 Å². The second-order valence-electron chi connectivity index (χ2n) is 3.78. The van der Waals surface area contributed by atoms with Gasteiger partial charge in [0.2, 0.25) is 0 Å². The number of benzene rings is 2. The maximum Gasteiger partial charge on any atom is 0.137 e. The van der Waals surface area contributed by atoms with E-state index in [1.165, 1.54) is 12.1 Å². The largest absolute Gasteiger partial charge is 0.506 e. The first-order valence-corrected chi connectivity index (χ1v) is 6.51. The van der Waals surface area contributed by atoms with E-state index in [1.807, 2.05) is 6.92 Å². The lowest BCUT2D eigenvalue weighted by Crippen LogP contribution is -1.91. The molecule has 4 nitrogen and oxygen atoms in total. The third-order valence-corrected chi connectivity index (χ3v) is 3.19. The molecular weight excluding hydrogens is 312 g/mol. The topological polar surface area (TPSA) is 58.9 Å². The Morgan fingerprint density at radius 3 is 2.00 bits per heavy atom. The van der Waals surface area contributed by atoms with Crippen LogP contribution in [0.5, 0.6) is 28.7 Å². The number of phenols is 2. The van der Waals surface area contributed by atoms with Crippen molar-refractivity contribution >= 4 is 15.9 Å². The highest BCUT2D eigenvalue weighted by Crippen LogP contribution is 2.38. The fourth-order valence-corrected chi connectivity index (χ4v) is 1.76. The van der Waals surface area contributed by atoms with Crippen LogP contribution >= 0.6 is 15.9 Å². The van der Waals surface area contributed by atoms with Gasteiger partial charge in [0.1, 0.15) is 33.2 Å². The van der Waals surface area contributed by atoms with Crippen LogP contribution in [-0.2, 0) is 0 Å². The van der Waals surface area contributed by atoms with Crippen LogP contribution in [0.1, 0.15) is 6.92 Å². The van der Waals surface area contributed by atoms with E-state index >= 15 is 0 Å². The van der Waals surface area contributed by atoms with Crippen LogP contribution in [0, 0.1) is 0 Å². The molecule has 0 unspecified atom stereocenters. The lowest BCUT2D eigenvalue weighted by atomic mass is 10.3. The van der Waals surface area contributed by atoms with E-state index in [2.05, 4.69) is 15.9 Å². The predicted octanol–water partition coefficient (Wildman–Crippen LogP) is 4.05. The van der Waals surface area contributed by atoms with Crippen molar-refractivity contribution in [2.75, 3.05) is 6.61 Å². The van der Waals surface area contributed by atoms with Gasteiger partial charge >= 0.3 is 0 Å². The zero-order valence-electron chi connectivity index (χ0n) is 10.3. The molecule has 0 aromatic heterocycles. The average Bonchev–Trinajstić information content (AvgIpc) is 2.38. The lowest BCUT2D eigenvalue weighted by Gasteiger charge is -2.09. The highest BCUT2D eigenvalue weighted by atomic mass is 79.9. The zero-order chi connectivity index (χ0) is 13.8. The van der Waals surface area contributed by atoms with E-state index in [0.29, 0.717) is 18.1 Å². The van der Waals surface area contributed by atoms with Crippen molar-refractivity contribution in [3.63, 3.8) is 0 Å². The fourth-order valence-electron chi connectivity index (χ4n) is 1.53. The van der Waals surface area contributed by atoms with Gasteiger partial charge < -0.3 is 19.7 Å². The number of hydrogen-bond donors (Lipinski definition) is 2. The first-order valence-electron chi connectivity index (χ1n) is 5.72. The second-order valence-corrected chi connectivity index (χ2v) is 4.57. The highest BCUT2D eigenvalue weighted by molar-refractivity contribution is 9.10. The number of ether oxygens (including phenoxy) is 2. The predicted molar refractivity (Wildman–Crippen MR) is 75.2 cm³/mol. The van der Waals surface area contributed by atoms with Crippen LogP contribution in [-0.4, -0.2) is 16.8 Å². The Bertz CT molecular complexity index is 543. The summed E-state index contributed by atoms with van der Waals surface area (Å²) in [6, 6.07) is 9.91. The van der Waals surface area contributed by atoms with Gasteiger partial charge in [-0.05, 0) is 47.1 Å². The SMILES string of the molecule is CCOc1ccc(Oc2cc(O)c(Br)c(O)c2)cc1. The normalized spacial score (nSPS) is 10.2. The van der Waals surface area contributed by atoms with Crippen LogP contribution in [0.4, 0.5) is 0 Å². The summed E-state index contributed by atoms with van der Waals surface area (Å²) in [5.41, 5.74) is 0. The van der Waals surface area contributed by atoms with E-state index in [-0.39, 0.29) is 16.0 Å². The summed E-state index contributed by atoms with van der Waals surface area (Å²) in [6.45, 7) is 2.52. The number of phenolic OH excluding ortho intramolecular Hbond substituents is 2. The standard InChI is InChI=1S/C14H13BrO4/c1-2-18-9-3-5-10(6-4-9)19-11-7-12(16)14(15)13(17)8-11/h3-8,16-17H,2H2,1H3. The molecule has 2 rings (SSSR count). The highest BCUT2D eigenvalue weighted by Gasteiger charge is 2.08. The van der Waals surface area contributed by atoms with Crippen molar-refractivity contribution in [1.82, 2.24) is 0 Å². The van der Waals surface area contributed by atoms with Gasteiger partial charge in [0.05, 0.1) is 6.61 Å². The van der Waals surface area contributed by atoms with Gasteiger partial charge in [-0.2, -0.15) is 0 Å². The smallest absolute Gasteiger partial charge is 0.137 e. The molecule has 0 saturated heterocycles. The van der Waals surface area contributed by atoms with E-state index < -0.39 is 0 Å². The van der Waals surface area contributed by atoms with Crippen molar-refractivity contribution < 1.29 is 19.7 Å². The summed E-state index contributed by atoms with van der Waals surface area (Å²) in [7, 11) is 0. The minimum atomic E-state index is -0.0825. The monoisotopic (exact) mass is 324 g/mol. The first kappa shape index (κ1) is 13.5. The van der Waals surface area contributed by atoms with Gasteiger partial charge in [-0.3, -0.25) is 0 Å². The second kappa shape index (κ2) is 5.84. The molecule has 2 N–H and O–H groups in total. The van der Waals surface area contributed by atoms with Crippen molar-refractivity contribution in [3.8, 4) is 28.7 Å². The quantitative estimate of drug-likeness (QED) is 0.890. The molecule has 0 fully saturated rings. The average molecular weight is 325 g/mol. The zero-order valence-corrected chi connectivity index (χ0v) is 11.8. The van der Waals surface area contributed by atoms with Crippen molar-refractivity contribution in [2.45, 2.75) is 6.92 Å².